The number of hydrogen-bond acceptors (Lipinski definition) is 2. The highest BCUT2D eigenvalue weighted by Gasteiger charge is 2.34. The van der Waals surface area contributed by atoms with Crippen LogP contribution in [0.4, 0.5) is 0 Å². The number of rotatable bonds is 2. The van der Waals surface area contributed by atoms with Crippen LogP contribution in [0.2, 0.25) is 0 Å². The minimum atomic E-state index is -0.0709. The van der Waals surface area contributed by atoms with Crippen LogP contribution in [0.15, 0.2) is 47.3 Å². The van der Waals surface area contributed by atoms with E-state index in [1.54, 1.807) is 6.07 Å². The molecule has 0 saturated heterocycles. The lowest BCUT2D eigenvalue weighted by molar-refractivity contribution is 0.310. The first-order valence-electron chi connectivity index (χ1n) is 6.69. The van der Waals surface area contributed by atoms with Crippen molar-refractivity contribution in [2.24, 2.45) is 0 Å². The van der Waals surface area contributed by atoms with Crippen LogP contribution in [0.3, 0.4) is 0 Å². The number of pyridine rings is 1. The van der Waals surface area contributed by atoms with Crippen molar-refractivity contribution < 1.29 is 0 Å². The number of benzene rings is 1. The van der Waals surface area contributed by atoms with Gasteiger partial charge in [0.25, 0.3) is 0 Å². The number of hydrogen-bond donors (Lipinski definition) is 2. The molecule has 98 valence electrons. The molecule has 1 aromatic heterocycles. The van der Waals surface area contributed by atoms with Gasteiger partial charge < -0.3 is 10.3 Å². The van der Waals surface area contributed by atoms with Crippen molar-refractivity contribution in [1.29, 1.82) is 0 Å². The molecule has 0 saturated carbocycles. The zero-order valence-electron chi connectivity index (χ0n) is 11.1. The fourth-order valence-corrected chi connectivity index (χ4v) is 3.04. The number of aromatic nitrogens is 1. The van der Waals surface area contributed by atoms with Crippen molar-refractivity contribution in [1.82, 2.24) is 10.3 Å². The van der Waals surface area contributed by atoms with E-state index in [1.165, 1.54) is 11.1 Å². The van der Waals surface area contributed by atoms with Gasteiger partial charge in [0.05, 0.1) is 0 Å². The van der Waals surface area contributed by atoms with Crippen molar-refractivity contribution in [2.45, 2.75) is 24.8 Å². The number of H-pyrrole nitrogens is 1. The number of fused-ring (bicyclic) bond motifs is 1. The summed E-state index contributed by atoms with van der Waals surface area (Å²) in [5.74, 6) is 0. The normalized spacial score (nSPS) is 21.9. The molecule has 1 aliphatic carbocycles. The average Bonchev–Trinajstić information content (AvgIpc) is 2.47. The Morgan fingerprint density at radius 3 is 2.68 bits per heavy atom. The van der Waals surface area contributed by atoms with E-state index in [-0.39, 0.29) is 11.1 Å². The fraction of sp³-hybridized carbons (Fsp3) is 0.312. The summed E-state index contributed by atoms with van der Waals surface area (Å²) in [5, 5.41) is 3.47. The van der Waals surface area contributed by atoms with Crippen molar-refractivity contribution in [3.8, 4) is 0 Å². The highest BCUT2D eigenvalue weighted by molar-refractivity contribution is 5.33. The van der Waals surface area contributed by atoms with Gasteiger partial charge in [-0.2, -0.15) is 0 Å². The molecule has 0 radical (unpaired) electrons. The molecule has 1 aliphatic rings. The van der Waals surface area contributed by atoms with Gasteiger partial charge in [-0.25, -0.2) is 0 Å². The summed E-state index contributed by atoms with van der Waals surface area (Å²) in [6.07, 6.45) is 2.87. The summed E-state index contributed by atoms with van der Waals surface area (Å²) in [6.45, 7) is 0. The maximum atomic E-state index is 11.5. The molecule has 19 heavy (non-hydrogen) atoms. The quantitative estimate of drug-likeness (QED) is 0.860. The van der Waals surface area contributed by atoms with Crippen LogP contribution in [-0.4, -0.2) is 12.0 Å². The van der Waals surface area contributed by atoms with E-state index >= 15 is 0 Å². The Hall–Kier alpha value is -1.87. The Kier molecular flexibility index (Phi) is 2.99. The van der Waals surface area contributed by atoms with E-state index in [0.717, 1.165) is 25.0 Å². The van der Waals surface area contributed by atoms with E-state index in [1.807, 2.05) is 19.2 Å². The summed E-state index contributed by atoms with van der Waals surface area (Å²) in [6, 6.07) is 14.1. The van der Waals surface area contributed by atoms with Gasteiger partial charge in [-0.1, -0.05) is 36.4 Å². The number of nitrogens with one attached hydrogen (secondary N) is 2. The molecule has 1 atom stereocenters. The standard InChI is InChI=1S/C16H18N2O/c1-17-16(13-5-3-2-4-6-13)10-9-12-7-8-15(19)18-14(12)11-16/h2-8,17H,9-11H2,1H3,(H,18,19). The van der Waals surface area contributed by atoms with Crippen molar-refractivity contribution in [3.63, 3.8) is 0 Å². The first-order valence-corrected chi connectivity index (χ1v) is 6.69. The molecule has 0 aliphatic heterocycles. The Balaban J connectivity index is 2.05. The molecule has 1 heterocycles. The second-order valence-corrected chi connectivity index (χ2v) is 5.20. The van der Waals surface area contributed by atoms with Crippen molar-refractivity contribution >= 4 is 0 Å². The van der Waals surface area contributed by atoms with Gasteiger partial charge in [0, 0.05) is 23.7 Å². The summed E-state index contributed by atoms with van der Waals surface area (Å²) in [5.41, 5.74) is 3.53. The van der Waals surface area contributed by atoms with Crippen molar-refractivity contribution in [2.75, 3.05) is 7.05 Å². The third kappa shape index (κ3) is 2.10. The van der Waals surface area contributed by atoms with Crippen LogP contribution >= 0.6 is 0 Å². The molecule has 3 nitrogen and oxygen atoms in total. The molecular weight excluding hydrogens is 236 g/mol. The zero-order chi connectivity index (χ0) is 13.3. The second-order valence-electron chi connectivity index (χ2n) is 5.20. The highest BCUT2D eigenvalue weighted by Crippen LogP contribution is 2.34. The fourth-order valence-electron chi connectivity index (χ4n) is 3.04. The highest BCUT2D eigenvalue weighted by atomic mass is 16.1. The van der Waals surface area contributed by atoms with E-state index in [2.05, 4.69) is 34.6 Å². The maximum Gasteiger partial charge on any atom is 0.248 e. The van der Waals surface area contributed by atoms with Crippen LogP contribution in [0.5, 0.6) is 0 Å². The molecule has 1 aromatic carbocycles. The number of aryl methyl sites for hydroxylation is 1. The van der Waals surface area contributed by atoms with E-state index in [0.29, 0.717) is 0 Å². The van der Waals surface area contributed by atoms with Crippen LogP contribution < -0.4 is 10.9 Å². The molecule has 2 aromatic rings. The average molecular weight is 254 g/mol. The van der Waals surface area contributed by atoms with Crippen LogP contribution in [0.1, 0.15) is 23.2 Å². The lowest BCUT2D eigenvalue weighted by Gasteiger charge is -2.38. The smallest absolute Gasteiger partial charge is 0.248 e. The van der Waals surface area contributed by atoms with Gasteiger partial charge in [-0.05, 0) is 31.0 Å². The predicted octanol–water partition coefficient (Wildman–Crippen LogP) is 1.98. The molecular formula is C16H18N2O. The first kappa shape index (κ1) is 12.2. The van der Waals surface area contributed by atoms with E-state index < -0.39 is 0 Å². The second kappa shape index (κ2) is 4.67. The van der Waals surface area contributed by atoms with Gasteiger partial charge in [-0.15, -0.1) is 0 Å². The molecule has 3 heteroatoms. The lowest BCUT2D eigenvalue weighted by atomic mass is 9.75. The monoisotopic (exact) mass is 254 g/mol. The summed E-state index contributed by atoms with van der Waals surface area (Å²) in [4.78, 5) is 14.5. The van der Waals surface area contributed by atoms with Gasteiger partial charge in [-0.3, -0.25) is 4.79 Å². The number of aromatic amines is 1. The molecule has 0 amide bonds. The molecule has 2 N–H and O–H groups in total. The minimum Gasteiger partial charge on any atom is -0.326 e. The third-order valence-electron chi connectivity index (χ3n) is 4.20. The molecule has 3 rings (SSSR count). The molecule has 0 fully saturated rings. The number of likely N-dealkylation sites (N-methyl/N-ethyl adjacent to an activating group) is 1. The topological polar surface area (TPSA) is 44.9 Å². The van der Waals surface area contributed by atoms with Gasteiger partial charge in [0.15, 0.2) is 0 Å². The molecule has 0 bridgehead atoms. The Bertz CT molecular complexity index is 633. The molecule has 0 spiro atoms. The predicted molar refractivity (Wildman–Crippen MR) is 76.3 cm³/mol. The van der Waals surface area contributed by atoms with Crippen molar-refractivity contribution in [3.05, 3.63) is 69.6 Å². The Labute approximate surface area is 112 Å². The van der Waals surface area contributed by atoms with E-state index in [4.69, 9.17) is 0 Å². The largest absolute Gasteiger partial charge is 0.326 e. The summed E-state index contributed by atoms with van der Waals surface area (Å²) >= 11 is 0. The Morgan fingerprint density at radius 2 is 1.95 bits per heavy atom. The van der Waals surface area contributed by atoms with E-state index in [9.17, 15) is 4.79 Å². The maximum absolute atomic E-state index is 11.5. The van der Waals surface area contributed by atoms with Gasteiger partial charge in [0.2, 0.25) is 5.56 Å². The first-order chi connectivity index (χ1) is 9.23. The molecule has 1 unspecified atom stereocenters. The van der Waals surface area contributed by atoms with Crippen LogP contribution in [0.25, 0.3) is 0 Å². The SMILES string of the molecule is CNC1(c2ccccc2)CCc2ccc(=O)[nH]c2C1. The minimum absolute atomic E-state index is 0.0151. The van der Waals surface area contributed by atoms with Gasteiger partial charge in [0.1, 0.15) is 0 Å². The summed E-state index contributed by atoms with van der Waals surface area (Å²) in [7, 11) is 2.00. The Morgan fingerprint density at radius 1 is 1.16 bits per heavy atom. The summed E-state index contributed by atoms with van der Waals surface area (Å²) < 4.78 is 0. The van der Waals surface area contributed by atoms with Crippen LogP contribution in [-0.2, 0) is 18.4 Å². The zero-order valence-corrected chi connectivity index (χ0v) is 11.1. The van der Waals surface area contributed by atoms with Crippen LogP contribution in [0, 0.1) is 0 Å². The van der Waals surface area contributed by atoms with Gasteiger partial charge >= 0.3 is 0 Å². The lowest BCUT2D eigenvalue weighted by Crippen LogP contribution is -2.45. The third-order valence-corrected chi connectivity index (χ3v) is 4.20.